The summed E-state index contributed by atoms with van der Waals surface area (Å²) < 4.78 is 13.1. The predicted octanol–water partition coefficient (Wildman–Crippen LogP) is 4.37. The summed E-state index contributed by atoms with van der Waals surface area (Å²) in [5, 5.41) is 8.79. The Morgan fingerprint density at radius 2 is 2.11 bits per heavy atom. The van der Waals surface area contributed by atoms with Crippen LogP contribution in [-0.4, -0.2) is 39.7 Å². The van der Waals surface area contributed by atoms with E-state index >= 15 is 0 Å². The van der Waals surface area contributed by atoms with Crippen LogP contribution in [0.2, 0.25) is 0 Å². The lowest BCUT2D eigenvalue weighted by atomic mass is 9.75. The zero-order valence-corrected chi connectivity index (χ0v) is 17.8. The fourth-order valence-electron chi connectivity index (χ4n) is 3.89. The van der Waals surface area contributed by atoms with Crippen LogP contribution in [0.15, 0.2) is 35.7 Å². The van der Waals surface area contributed by atoms with Gasteiger partial charge in [-0.3, -0.25) is 9.36 Å². The summed E-state index contributed by atoms with van der Waals surface area (Å²) in [6, 6.07) is 7.65. The molecule has 1 heterocycles. The van der Waals surface area contributed by atoms with E-state index in [1.54, 1.807) is 13.4 Å². The van der Waals surface area contributed by atoms with Crippen molar-refractivity contribution in [1.29, 1.82) is 0 Å². The number of hydrogen-bond donors (Lipinski definition) is 0. The number of thioether (sulfide) groups is 1. The number of methoxy groups -OCH3 is 1. The van der Waals surface area contributed by atoms with E-state index in [1.807, 2.05) is 28.8 Å². The van der Waals surface area contributed by atoms with Crippen LogP contribution in [0, 0.1) is 17.8 Å². The number of benzene rings is 1. The summed E-state index contributed by atoms with van der Waals surface area (Å²) in [4.78, 5) is 12.5. The highest BCUT2D eigenvalue weighted by Gasteiger charge is 2.33. The van der Waals surface area contributed by atoms with Crippen LogP contribution in [0.4, 0.5) is 0 Å². The first-order chi connectivity index (χ1) is 13.5. The second kappa shape index (κ2) is 9.45. The molecule has 1 aliphatic rings. The van der Waals surface area contributed by atoms with Crippen LogP contribution >= 0.6 is 11.8 Å². The fraction of sp³-hybridized carbons (Fsp3) is 0.571. The Morgan fingerprint density at radius 3 is 2.86 bits per heavy atom. The molecule has 2 aromatic rings. The molecule has 1 aromatic heterocycles. The Morgan fingerprint density at radius 1 is 1.32 bits per heavy atom. The van der Waals surface area contributed by atoms with Crippen molar-refractivity contribution in [1.82, 2.24) is 14.8 Å². The fourth-order valence-corrected chi connectivity index (χ4v) is 4.60. The van der Waals surface area contributed by atoms with E-state index in [-0.39, 0.29) is 17.8 Å². The zero-order valence-electron chi connectivity index (χ0n) is 17.0. The van der Waals surface area contributed by atoms with Gasteiger partial charge in [0.2, 0.25) is 0 Å². The summed E-state index contributed by atoms with van der Waals surface area (Å²) in [6.45, 7) is 6.67. The third-order valence-electron chi connectivity index (χ3n) is 5.42. The number of carbonyl (C=O) groups excluding carboxylic acids is 1. The van der Waals surface area contributed by atoms with Crippen molar-refractivity contribution in [2.75, 3.05) is 12.9 Å². The molecule has 0 amide bonds. The van der Waals surface area contributed by atoms with Crippen LogP contribution in [-0.2, 0) is 9.53 Å². The molecular formula is C21H29N3O3S. The van der Waals surface area contributed by atoms with Gasteiger partial charge in [0.15, 0.2) is 5.16 Å². The van der Waals surface area contributed by atoms with Crippen molar-refractivity contribution < 1.29 is 14.3 Å². The molecule has 0 spiro atoms. The number of ether oxygens (including phenoxy) is 2. The number of hydrogen-bond acceptors (Lipinski definition) is 6. The maximum absolute atomic E-state index is 12.5. The molecule has 1 saturated carbocycles. The lowest BCUT2D eigenvalue weighted by Gasteiger charge is -2.36. The van der Waals surface area contributed by atoms with Gasteiger partial charge in [-0.15, -0.1) is 10.2 Å². The molecule has 1 aromatic carbocycles. The highest BCUT2D eigenvalue weighted by atomic mass is 32.2. The molecule has 0 radical (unpaired) electrons. The molecule has 3 atom stereocenters. The number of rotatable bonds is 7. The number of nitrogens with zero attached hydrogens (tertiary/aromatic N) is 3. The zero-order chi connectivity index (χ0) is 20.1. The smallest absolute Gasteiger partial charge is 0.316 e. The van der Waals surface area contributed by atoms with E-state index in [2.05, 4.69) is 31.0 Å². The van der Waals surface area contributed by atoms with Gasteiger partial charge in [-0.25, -0.2) is 0 Å². The molecule has 1 fully saturated rings. The average Bonchev–Trinajstić information content (AvgIpc) is 3.14. The minimum atomic E-state index is -0.190. The van der Waals surface area contributed by atoms with Gasteiger partial charge in [-0.05, 0) is 42.7 Å². The summed E-state index contributed by atoms with van der Waals surface area (Å²) in [7, 11) is 1.63. The minimum Gasteiger partial charge on any atom is -0.495 e. The van der Waals surface area contributed by atoms with Crippen LogP contribution < -0.4 is 4.74 Å². The normalized spacial score (nSPS) is 22.2. The molecular weight excluding hydrogens is 374 g/mol. The van der Waals surface area contributed by atoms with Gasteiger partial charge >= 0.3 is 5.97 Å². The van der Waals surface area contributed by atoms with E-state index in [1.165, 1.54) is 18.2 Å². The number of carbonyl (C=O) groups is 1. The third-order valence-corrected chi connectivity index (χ3v) is 6.34. The molecule has 1 aliphatic carbocycles. The molecule has 3 rings (SSSR count). The Hall–Kier alpha value is -2.02. The van der Waals surface area contributed by atoms with Gasteiger partial charge in [0.05, 0.1) is 18.6 Å². The lowest BCUT2D eigenvalue weighted by Crippen LogP contribution is -2.36. The van der Waals surface area contributed by atoms with Gasteiger partial charge in [0.25, 0.3) is 0 Å². The molecule has 6 nitrogen and oxygen atoms in total. The average molecular weight is 404 g/mol. The maximum Gasteiger partial charge on any atom is 0.316 e. The monoisotopic (exact) mass is 403 g/mol. The standard InChI is InChI=1S/C21H29N3O3S/c1-14(2)16-10-9-15(3)11-19(16)27-20(25)12-28-21-23-22-13-24(21)17-7-5-6-8-18(17)26-4/h5-8,13-16,19H,9-12H2,1-4H3/t15-,16-,19-/m1/s1. The topological polar surface area (TPSA) is 66.2 Å². The molecule has 0 saturated heterocycles. The van der Waals surface area contributed by atoms with Crippen molar-refractivity contribution in [3.05, 3.63) is 30.6 Å². The van der Waals surface area contributed by atoms with Crippen molar-refractivity contribution in [2.45, 2.75) is 51.3 Å². The molecule has 0 bridgehead atoms. The maximum atomic E-state index is 12.5. The minimum absolute atomic E-state index is 0.0175. The molecule has 7 heteroatoms. The Labute approximate surface area is 171 Å². The lowest BCUT2D eigenvalue weighted by molar-refractivity contribution is -0.152. The Kier molecular flexibility index (Phi) is 6.99. The molecule has 28 heavy (non-hydrogen) atoms. The SMILES string of the molecule is COc1ccccc1-n1cnnc1SCC(=O)O[C@@H]1C[C@H](C)CC[C@@H]1C(C)C. The van der Waals surface area contributed by atoms with Crippen LogP contribution in [0.3, 0.4) is 0 Å². The van der Waals surface area contributed by atoms with E-state index < -0.39 is 0 Å². The number of esters is 1. The number of para-hydroxylation sites is 2. The van der Waals surface area contributed by atoms with Gasteiger partial charge in [0.1, 0.15) is 18.2 Å². The molecule has 0 aliphatic heterocycles. The second-order valence-electron chi connectivity index (χ2n) is 7.80. The molecule has 152 valence electrons. The first-order valence-corrected chi connectivity index (χ1v) is 10.8. The summed E-state index contributed by atoms with van der Waals surface area (Å²) in [5.41, 5.74) is 0.840. The predicted molar refractivity (Wildman–Crippen MR) is 110 cm³/mol. The van der Waals surface area contributed by atoms with E-state index in [4.69, 9.17) is 9.47 Å². The number of aromatic nitrogens is 3. The highest BCUT2D eigenvalue weighted by molar-refractivity contribution is 7.99. The summed E-state index contributed by atoms with van der Waals surface area (Å²) in [6.07, 6.45) is 4.95. The molecule has 0 N–H and O–H groups in total. The van der Waals surface area contributed by atoms with Gasteiger partial charge in [0, 0.05) is 0 Å². The van der Waals surface area contributed by atoms with E-state index in [9.17, 15) is 4.79 Å². The van der Waals surface area contributed by atoms with Gasteiger partial charge in [-0.1, -0.05) is 51.1 Å². The largest absolute Gasteiger partial charge is 0.495 e. The van der Waals surface area contributed by atoms with Crippen molar-refractivity contribution >= 4 is 17.7 Å². The van der Waals surface area contributed by atoms with Crippen LogP contribution in [0.25, 0.3) is 5.69 Å². The second-order valence-corrected chi connectivity index (χ2v) is 8.74. The first kappa shape index (κ1) is 20.7. The van der Waals surface area contributed by atoms with E-state index in [0.29, 0.717) is 22.9 Å². The van der Waals surface area contributed by atoms with Gasteiger partial charge < -0.3 is 9.47 Å². The van der Waals surface area contributed by atoms with Crippen molar-refractivity contribution in [2.24, 2.45) is 17.8 Å². The Bertz CT molecular complexity index is 793. The van der Waals surface area contributed by atoms with Crippen LogP contribution in [0.5, 0.6) is 5.75 Å². The Balaban J connectivity index is 1.63. The highest BCUT2D eigenvalue weighted by Crippen LogP contribution is 2.35. The van der Waals surface area contributed by atoms with Crippen molar-refractivity contribution in [3.8, 4) is 11.4 Å². The first-order valence-electron chi connectivity index (χ1n) is 9.85. The quantitative estimate of drug-likeness (QED) is 0.505. The summed E-state index contributed by atoms with van der Waals surface area (Å²) in [5.74, 6) is 2.32. The van der Waals surface area contributed by atoms with Crippen molar-refractivity contribution in [3.63, 3.8) is 0 Å². The van der Waals surface area contributed by atoms with E-state index in [0.717, 1.165) is 24.3 Å². The summed E-state index contributed by atoms with van der Waals surface area (Å²) >= 11 is 1.33. The van der Waals surface area contributed by atoms with Crippen LogP contribution in [0.1, 0.15) is 40.0 Å². The molecule has 0 unspecified atom stereocenters. The van der Waals surface area contributed by atoms with Gasteiger partial charge in [-0.2, -0.15) is 0 Å². The third kappa shape index (κ3) is 4.87.